The number of anilines is 2. The number of hydrogen-bond acceptors (Lipinski definition) is 3. The molecule has 0 heterocycles. The van der Waals surface area contributed by atoms with Crippen LogP contribution in [0.25, 0.3) is 0 Å². The number of hydrogen-bond donors (Lipinski definition) is 3. The zero-order chi connectivity index (χ0) is 15.0. The largest absolute Gasteiger partial charge is 0.478 e. The van der Waals surface area contributed by atoms with Gasteiger partial charge < -0.3 is 16.2 Å². The molecule has 0 radical (unpaired) electrons. The van der Waals surface area contributed by atoms with Crippen molar-refractivity contribution < 1.29 is 14.7 Å². The van der Waals surface area contributed by atoms with E-state index in [1.807, 2.05) is 0 Å². The lowest BCUT2D eigenvalue weighted by atomic mass is 10.1. The Morgan fingerprint density at radius 2 is 1.90 bits per heavy atom. The molecule has 0 bridgehead atoms. The summed E-state index contributed by atoms with van der Waals surface area (Å²) in [6.07, 6.45) is 5.74. The molecule has 5 nitrogen and oxygen atoms in total. The molecule has 20 heavy (non-hydrogen) atoms. The number of amides is 1. The van der Waals surface area contributed by atoms with E-state index in [0.29, 0.717) is 17.8 Å². The summed E-state index contributed by atoms with van der Waals surface area (Å²) in [7, 11) is 0. The molecule has 0 aliphatic carbocycles. The Kier molecular flexibility index (Phi) is 6.56. The highest BCUT2D eigenvalue weighted by Gasteiger charge is 2.12. The predicted octanol–water partition coefficient (Wildman–Crippen LogP) is 3.27. The summed E-state index contributed by atoms with van der Waals surface area (Å²) in [5.41, 5.74) is 6.22. The van der Waals surface area contributed by atoms with Crippen LogP contribution in [0.2, 0.25) is 0 Å². The second-order valence-electron chi connectivity index (χ2n) is 4.82. The lowest BCUT2D eigenvalue weighted by Crippen LogP contribution is -2.14. The van der Waals surface area contributed by atoms with E-state index in [-0.39, 0.29) is 11.5 Å². The van der Waals surface area contributed by atoms with Crippen LogP contribution in [0.3, 0.4) is 0 Å². The monoisotopic (exact) mass is 278 g/mol. The highest BCUT2D eigenvalue weighted by molar-refractivity contribution is 6.01. The molecule has 5 heteroatoms. The number of carboxylic acid groups (broad SMARTS) is 1. The van der Waals surface area contributed by atoms with Crippen molar-refractivity contribution in [1.82, 2.24) is 0 Å². The molecule has 0 unspecified atom stereocenters. The summed E-state index contributed by atoms with van der Waals surface area (Å²) in [6, 6.07) is 4.44. The summed E-state index contributed by atoms with van der Waals surface area (Å²) in [4.78, 5) is 22.9. The second kappa shape index (κ2) is 8.19. The van der Waals surface area contributed by atoms with Crippen LogP contribution in [0.4, 0.5) is 11.4 Å². The molecule has 1 amide bonds. The number of nitrogen functional groups attached to an aromatic ring is 1. The van der Waals surface area contributed by atoms with E-state index in [1.54, 1.807) is 6.07 Å². The van der Waals surface area contributed by atoms with Gasteiger partial charge in [-0.05, 0) is 24.6 Å². The van der Waals surface area contributed by atoms with E-state index in [1.165, 1.54) is 25.0 Å². The highest BCUT2D eigenvalue weighted by atomic mass is 16.4. The molecular weight excluding hydrogens is 256 g/mol. The smallest absolute Gasteiger partial charge is 0.337 e. The lowest BCUT2D eigenvalue weighted by Gasteiger charge is -2.09. The van der Waals surface area contributed by atoms with Crippen molar-refractivity contribution in [2.24, 2.45) is 0 Å². The van der Waals surface area contributed by atoms with Crippen LogP contribution in [0.15, 0.2) is 18.2 Å². The van der Waals surface area contributed by atoms with E-state index in [2.05, 4.69) is 12.2 Å². The first kappa shape index (κ1) is 16.0. The third-order valence-electron chi connectivity index (χ3n) is 3.06. The zero-order valence-corrected chi connectivity index (χ0v) is 11.8. The number of unbranched alkanes of at least 4 members (excludes halogenated alkanes) is 4. The molecule has 0 aliphatic heterocycles. The molecule has 0 fully saturated rings. The summed E-state index contributed by atoms with van der Waals surface area (Å²) >= 11 is 0. The van der Waals surface area contributed by atoms with Crippen LogP contribution in [-0.2, 0) is 4.79 Å². The van der Waals surface area contributed by atoms with E-state index in [9.17, 15) is 9.59 Å². The summed E-state index contributed by atoms with van der Waals surface area (Å²) < 4.78 is 0. The zero-order valence-electron chi connectivity index (χ0n) is 11.8. The van der Waals surface area contributed by atoms with Gasteiger partial charge in [0.1, 0.15) is 0 Å². The van der Waals surface area contributed by atoms with E-state index in [4.69, 9.17) is 10.8 Å². The maximum Gasteiger partial charge on any atom is 0.337 e. The van der Waals surface area contributed by atoms with Crippen LogP contribution in [0.5, 0.6) is 0 Å². The molecule has 0 aromatic heterocycles. The van der Waals surface area contributed by atoms with Crippen molar-refractivity contribution in [2.45, 2.75) is 45.4 Å². The Bertz CT molecular complexity index is 472. The van der Waals surface area contributed by atoms with Gasteiger partial charge in [-0.2, -0.15) is 0 Å². The fourth-order valence-electron chi connectivity index (χ4n) is 1.95. The predicted molar refractivity (Wildman–Crippen MR) is 79.8 cm³/mol. The van der Waals surface area contributed by atoms with E-state index >= 15 is 0 Å². The first-order valence-corrected chi connectivity index (χ1v) is 6.97. The minimum absolute atomic E-state index is 0.0179. The molecule has 0 atom stereocenters. The molecule has 1 aromatic carbocycles. The molecule has 0 saturated carbocycles. The van der Waals surface area contributed by atoms with Crippen molar-refractivity contribution in [2.75, 3.05) is 11.1 Å². The summed E-state index contributed by atoms with van der Waals surface area (Å²) in [6.45, 7) is 2.14. The number of carboxylic acids is 1. The number of benzene rings is 1. The fraction of sp³-hybridized carbons (Fsp3) is 0.467. The molecule has 0 saturated heterocycles. The standard InChI is InChI=1S/C15H22N2O3/c1-2-3-4-5-6-7-14(18)17-13-9-8-11(16)10-12(13)15(19)20/h8-10H,2-7,16H2,1H3,(H,17,18)(H,19,20). The van der Waals surface area contributed by atoms with Crippen molar-refractivity contribution in [1.29, 1.82) is 0 Å². The number of rotatable bonds is 8. The van der Waals surface area contributed by atoms with Crippen LogP contribution in [-0.4, -0.2) is 17.0 Å². The van der Waals surface area contributed by atoms with Gasteiger partial charge in [-0.1, -0.05) is 32.6 Å². The normalized spacial score (nSPS) is 10.2. The molecule has 4 N–H and O–H groups in total. The second-order valence-corrected chi connectivity index (χ2v) is 4.82. The van der Waals surface area contributed by atoms with Gasteiger partial charge >= 0.3 is 5.97 Å². The fourth-order valence-corrected chi connectivity index (χ4v) is 1.95. The van der Waals surface area contributed by atoms with Crippen molar-refractivity contribution in [3.63, 3.8) is 0 Å². The van der Waals surface area contributed by atoms with Gasteiger partial charge in [-0.3, -0.25) is 4.79 Å². The molecule has 1 rings (SSSR count). The third-order valence-corrected chi connectivity index (χ3v) is 3.06. The third kappa shape index (κ3) is 5.30. The van der Waals surface area contributed by atoms with Crippen molar-refractivity contribution >= 4 is 23.3 Å². The minimum atomic E-state index is -1.10. The minimum Gasteiger partial charge on any atom is -0.478 e. The van der Waals surface area contributed by atoms with Gasteiger partial charge in [0.2, 0.25) is 5.91 Å². The van der Waals surface area contributed by atoms with Crippen LogP contribution in [0, 0.1) is 0 Å². The average molecular weight is 278 g/mol. The number of nitrogens with two attached hydrogens (primary N) is 1. The van der Waals surface area contributed by atoms with E-state index < -0.39 is 5.97 Å². The van der Waals surface area contributed by atoms with Gasteiger partial charge in [-0.25, -0.2) is 4.79 Å². The number of carbonyl (C=O) groups excluding carboxylic acids is 1. The Morgan fingerprint density at radius 3 is 2.55 bits per heavy atom. The first-order valence-electron chi connectivity index (χ1n) is 6.97. The Hall–Kier alpha value is -2.04. The maximum absolute atomic E-state index is 11.8. The molecular formula is C15H22N2O3. The van der Waals surface area contributed by atoms with Crippen LogP contribution < -0.4 is 11.1 Å². The van der Waals surface area contributed by atoms with Crippen molar-refractivity contribution in [3.05, 3.63) is 23.8 Å². The van der Waals surface area contributed by atoms with Crippen molar-refractivity contribution in [3.8, 4) is 0 Å². The molecule has 0 spiro atoms. The molecule has 110 valence electrons. The van der Waals surface area contributed by atoms with Gasteiger partial charge in [0.05, 0.1) is 11.3 Å². The van der Waals surface area contributed by atoms with Gasteiger partial charge in [0, 0.05) is 12.1 Å². The topological polar surface area (TPSA) is 92.4 Å². The van der Waals surface area contributed by atoms with Gasteiger partial charge in [0.15, 0.2) is 0 Å². The summed E-state index contributed by atoms with van der Waals surface area (Å²) in [5.74, 6) is -1.26. The lowest BCUT2D eigenvalue weighted by molar-refractivity contribution is -0.116. The molecule has 0 aliphatic rings. The Morgan fingerprint density at radius 1 is 1.20 bits per heavy atom. The number of carbonyl (C=O) groups is 2. The Labute approximate surface area is 119 Å². The average Bonchev–Trinajstić information content (AvgIpc) is 2.40. The highest BCUT2D eigenvalue weighted by Crippen LogP contribution is 2.19. The van der Waals surface area contributed by atoms with Crippen LogP contribution in [0.1, 0.15) is 55.8 Å². The first-order chi connectivity index (χ1) is 9.54. The van der Waals surface area contributed by atoms with Gasteiger partial charge in [-0.15, -0.1) is 0 Å². The maximum atomic E-state index is 11.8. The number of nitrogens with one attached hydrogen (secondary N) is 1. The van der Waals surface area contributed by atoms with Gasteiger partial charge in [0.25, 0.3) is 0 Å². The Balaban J connectivity index is 2.51. The SMILES string of the molecule is CCCCCCCC(=O)Nc1ccc(N)cc1C(=O)O. The van der Waals surface area contributed by atoms with Crippen LogP contribution >= 0.6 is 0 Å². The number of aromatic carboxylic acids is 1. The van der Waals surface area contributed by atoms with E-state index in [0.717, 1.165) is 19.3 Å². The summed E-state index contributed by atoms with van der Waals surface area (Å²) in [5, 5.41) is 11.7. The quantitative estimate of drug-likeness (QED) is 0.502. The molecule has 1 aromatic rings.